The average Bonchev–Trinajstić information content (AvgIpc) is 3.47. The molecule has 1 aromatic rings. The predicted octanol–water partition coefficient (Wildman–Crippen LogP) is 2.94. The third kappa shape index (κ3) is 4.84. The van der Waals surface area contributed by atoms with E-state index in [1.165, 1.54) is 21.3 Å². The van der Waals surface area contributed by atoms with Gasteiger partial charge in [-0.1, -0.05) is 13.8 Å². The van der Waals surface area contributed by atoms with Gasteiger partial charge >= 0.3 is 0 Å². The van der Waals surface area contributed by atoms with Gasteiger partial charge in [0.15, 0.2) is 11.5 Å². The molecule has 0 radical (unpaired) electrons. The average molecular weight is 378 g/mol. The molecule has 1 saturated carbocycles. The maximum Gasteiger partial charge on any atom is 0.228 e. The number of amides is 2. The van der Waals surface area contributed by atoms with Crippen LogP contribution in [0.25, 0.3) is 0 Å². The van der Waals surface area contributed by atoms with Crippen molar-refractivity contribution in [3.63, 3.8) is 0 Å². The van der Waals surface area contributed by atoms with Crippen LogP contribution in [0.4, 0.5) is 5.69 Å². The number of ether oxygens (including phenoxy) is 3. The first-order valence-corrected chi connectivity index (χ1v) is 9.40. The van der Waals surface area contributed by atoms with Crippen molar-refractivity contribution in [3.8, 4) is 17.2 Å². The molecule has 2 unspecified atom stereocenters. The van der Waals surface area contributed by atoms with Crippen LogP contribution in [0.3, 0.4) is 0 Å². The van der Waals surface area contributed by atoms with Gasteiger partial charge < -0.3 is 24.4 Å². The molecule has 0 saturated heterocycles. The smallest absolute Gasteiger partial charge is 0.228 e. The van der Waals surface area contributed by atoms with Crippen LogP contribution in [0.15, 0.2) is 12.1 Å². The van der Waals surface area contributed by atoms with Crippen molar-refractivity contribution < 1.29 is 23.8 Å². The summed E-state index contributed by atoms with van der Waals surface area (Å²) in [5.41, 5.74) is 0.548. The molecule has 0 aromatic heterocycles. The Morgan fingerprint density at radius 1 is 1.00 bits per heavy atom. The second-order valence-corrected chi connectivity index (χ2v) is 6.68. The van der Waals surface area contributed by atoms with Crippen LogP contribution in [0, 0.1) is 11.8 Å². The summed E-state index contributed by atoms with van der Waals surface area (Å²) < 4.78 is 15.9. The molecule has 2 rings (SSSR count). The third-order valence-corrected chi connectivity index (χ3v) is 4.68. The SMILES string of the molecule is CCCN(CCC)C(=O)C1CC1C(=O)Nc1cc(OC)c(OC)c(OC)c1. The molecule has 1 fully saturated rings. The Morgan fingerprint density at radius 3 is 2.00 bits per heavy atom. The first-order valence-electron chi connectivity index (χ1n) is 9.40. The van der Waals surface area contributed by atoms with Crippen LogP contribution in [0.2, 0.25) is 0 Å². The Hall–Kier alpha value is -2.44. The molecule has 7 nitrogen and oxygen atoms in total. The number of benzene rings is 1. The van der Waals surface area contributed by atoms with E-state index in [2.05, 4.69) is 19.2 Å². The molecule has 150 valence electrons. The summed E-state index contributed by atoms with van der Waals surface area (Å²) in [6.07, 6.45) is 2.43. The van der Waals surface area contributed by atoms with Crippen molar-refractivity contribution in [2.24, 2.45) is 11.8 Å². The molecule has 0 aliphatic heterocycles. The van der Waals surface area contributed by atoms with Crippen molar-refractivity contribution >= 4 is 17.5 Å². The number of carbonyl (C=O) groups is 2. The van der Waals surface area contributed by atoms with E-state index in [9.17, 15) is 9.59 Å². The lowest BCUT2D eigenvalue weighted by Crippen LogP contribution is -2.34. The number of hydrogen-bond donors (Lipinski definition) is 1. The molecule has 1 aromatic carbocycles. The number of anilines is 1. The van der Waals surface area contributed by atoms with Crippen molar-refractivity contribution in [1.29, 1.82) is 0 Å². The molecule has 1 N–H and O–H groups in total. The van der Waals surface area contributed by atoms with Crippen LogP contribution >= 0.6 is 0 Å². The van der Waals surface area contributed by atoms with Gasteiger partial charge in [0.2, 0.25) is 17.6 Å². The van der Waals surface area contributed by atoms with Gasteiger partial charge in [-0.15, -0.1) is 0 Å². The van der Waals surface area contributed by atoms with Crippen LogP contribution < -0.4 is 19.5 Å². The van der Waals surface area contributed by atoms with Gasteiger partial charge in [0, 0.05) is 30.9 Å². The van der Waals surface area contributed by atoms with E-state index >= 15 is 0 Å². The lowest BCUT2D eigenvalue weighted by molar-refractivity contribution is -0.134. The second kappa shape index (κ2) is 9.48. The Morgan fingerprint density at radius 2 is 1.56 bits per heavy atom. The number of hydrogen-bond acceptors (Lipinski definition) is 5. The van der Waals surface area contributed by atoms with E-state index in [1.807, 2.05) is 4.90 Å². The van der Waals surface area contributed by atoms with Crippen LogP contribution in [-0.4, -0.2) is 51.1 Å². The zero-order valence-corrected chi connectivity index (χ0v) is 16.8. The molecule has 1 aliphatic rings. The molecule has 2 amide bonds. The quantitative estimate of drug-likeness (QED) is 0.677. The fourth-order valence-electron chi connectivity index (χ4n) is 3.25. The molecular formula is C20H30N2O5. The molecule has 7 heteroatoms. The summed E-state index contributed by atoms with van der Waals surface area (Å²) in [6, 6.07) is 3.36. The zero-order valence-electron chi connectivity index (χ0n) is 16.8. The minimum Gasteiger partial charge on any atom is -0.493 e. The molecular weight excluding hydrogens is 348 g/mol. The van der Waals surface area contributed by atoms with Gasteiger partial charge in [0.1, 0.15) is 0 Å². The minimum absolute atomic E-state index is 0.0868. The summed E-state index contributed by atoms with van der Waals surface area (Å²) in [7, 11) is 4.57. The first kappa shape index (κ1) is 20.9. The van der Waals surface area contributed by atoms with E-state index in [1.54, 1.807) is 12.1 Å². The van der Waals surface area contributed by atoms with Gasteiger partial charge in [-0.25, -0.2) is 0 Å². The van der Waals surface area contributed by atoms with Gasteiger partial charge in [0.05, 0.1) is 33.2 Å². The highest BCUT2D eigenvalue weighted by Crippen LogP contribution is 2.43. The molecule has 1 aliphatic carbocycles. The number of nitrogens with zero attached hydrogens (tertiary/aromatic N) is 1. The predicted molar refractivity (Wildman–Crippen MR) is 103 cm³/mol. The Bertz CT molecular complexity index is 645. The highest BCUT2D eigenvalue weighted by atomic mass is 16.5. The normalized spacial score (nSPS) is 17.8. The van der Waals surface area contributed by atoms with Gasteiger partial charge in [-0.2, -0.15) is 0 Å². The second-order valence-electron chi connectivity index (χ2n) is 6.68. The van der Waals surface area contributed by atoms with Crippen LogP contribution in [-0.2, 0) is 9.59 Å². The molecule has 27 heavy (non-hydrogen) atoms. The minimum atomic E-state index is -0.284. The van der Waals surface area contributed by atoms with Gasteiger partial charge in [0.25, 0.3) is 0 Å². The molecule has 0 spiro atoms. The Kier molecular flexibility index (Phi) is 7.33. The van der Waals surface area contributed by atoms with E-state index in [-0.39, 0.29) is 23.7 Å². The molecule has 0 bridgehead atoms. The third-order valence-electron chi connectivity index (χ3n) is 4.68. The van der Waals surface area contributed by atoms with E-state index in [0.29, 0.717) is 29.4 Å². The monoisotopic (exact) mass is 378 g/mol. The Labute approximate surface area is 161 Å². The largest absolute Gasteiger partial charge is 0.493 e. The van der Waals surface area contributed by atoms with Crippen LogP contribution in [0.1, 0.15) is 33.1 Å². The number of methoxy groups -OCH3 is 3. The van der Waals surface area contributed by atoms with E-state index in [0.717, 1.165) is 25.9 Å². The standard InChI is InChI=1S/C20H30N2O5/c1-6-8-22(9-7-2)20(24)15-12-14(15)19(23)21-13-10-16(25-3)18(27-5)17(11-13)26-4/h10-11,14-15H,6-9,12H2,1-5H3,(H,21,23). The molecule has 0 heterocycles. The maximum absolute atomic E-state index is 12.6. The molecule has 2 atom stereocenters. The van der Waals surface area contributed by atoms with Crippen molar-refractivity contribution in [2.75, 3.05) is 39.7 Å². The van der Waals surface area contributed by atoms with Gasteiger partial charge in [-0.05, 0) is 19.3 Å². The highest BCUT2D eigenvalue weighted by Gasteiger charge is 2.49. The summed E-state index contributed by atoms with van der Waals surface area (Å²) in [5.74, 6) is 0.824. The number of carbonyl (C=O) groups excluding carboxylic acids is 2. The van der Waals surface area contributed by atoms with E-state index in [4.69, 9.17) is 14.2 Å². The van der Waals surface area contributed by atoms with Gasteiger partial charge in [-0.3, -0.25) is 9.59 Å². The highest BCUT2D eigenvalue weighted by molar-refractivity contribution is 5.99. The number of nitrogens with one attached hydrogen (secondary N) is 1. The summed E-state index contributed by atoms with van der Waals surface area (Å²) in [5, 5.41) is 2.87. The van der Waals surface area contributed by atoms with Crippen molar-refractivity contribution in [3.05, 3.63) is 12.1 Å². The lowest BCUT2D eigenvalue weighted by Gasteiger charge is -2.21. The first-order chi connectivity index (χ1) is 13.0. The van der Waals surface area contributed by atoms with E-state index < -0.39 is 0 Å². The Balaban J connectivity index is 2.05. The summed E-state index contributed by atoms with van der Waals surface area (Å²) in [6.45, 7) is 5.59. The maximum atomic E-state index is 12.6. The van der Waals surface area contributed by atoms with Crippen LogP contribution in [0.5, 0.6) is 17.2 Å². The zero-order chi connectivity index (χ0) is 20.0. The lowest BCUT2D eigenvalue weighted by atomic mass is 10.2. The topological polar surface area (TPSA) is 77.1 Å². The summed E-state index contributed by atoms with van der Waals surface area (Å²) in [4.78, 5) is 27.1. The summed E-state index contributed by atoms with van der Waals surface area (Å²) >= 11 is 0. The van der Waals surface area contributed by atoms with Crippen molar-refractivity contribution in [2.45, 2.75) is 33.1 Å². The number of rotatable bonds is 10. The fraction of sp³-hybridized carbons (Fsp3) is 0.600. The van der Waals surface area contributed by atoms with Crippen molar-refractivity contribution in [1.82, 2.24) is 4.90 Å². The fourth-order valence-corrected chi connectivity index (χ4v) is 3.25.